The summed E-state index contributed by atoms with van der Waals surface area (Å²) < 4.78 is 43.0. The summed E-state index contributed by atoms with van der Waals surface area (Å²) in [5.74, 6) is -1.60. The first-order valence-electron chi connectivity index (χ1n) is 7.73. The highest BCUT2D eigenvalue weighted by Gasteiger charge is 2.31. The lowest BCUT2D eigenvalue weighted by molar-refractivity contribution is -0.274. The van der Waals surface area contributed by atoms with Crippen LogP contribution in [0.1, 0.15) is 11.3 Å². The maximum Gasteiger partial charge on any atom is 0.573 e. The van der Waals surface area contributed by atoms with E-state index in [0.29, 0.717) is 26.5 Å². The van der Waals surface area contributed by atoms with Gasteiger partial charge in [0, 0.05) is 27.6 Å². The number of aliphatic carboxylic acids is 1. The molecule has 0 unspecified atom stereocenters. The van der Waals surface area contributed by atoms with Crippen LogP contribution in [0.15, 0.2) is 42.5 Å². The van der Waals surface area contributed by atoms with Gasteiger partial charge in [-0.15, -0.1) is 13.2 Å². The summed E-state index contributed by atoms with van der Waals surface area (Å²) in [6, 6.07) is 8.52. The molecule has 0 fully saturated rings. The number of carboxylic acids is 1. The highest BCUT2D eigenvalue weighted by molar-refractivity contribution is 6.35. The molecule has 10 heteroatoms. The van der Waals surface area contributed by atoms with Crippen molar-refractivity contribution in [2.24, 2.45) is 0 Å². The molecule has 0 aliphatic carbocycles. The van der Waals surface area contributed by atoms with Crippen LogP contribution in [0.3, 0.4) is 0 Å². The number of nitrogens with zero attached hydrogens (tertiary/aromatic N) is 2. The number of hydrogen-bond acceptors (Lipinski definition) is 3. The van der Waals surface area contributed by atoms with Crippen molar-refractivity contribution in [3.05, 3.63) is 63.8 Å². The van der Waals surface area contributed by atoms with Crippen LogP contribution < -0.4 is 4.74 Å². The summed E-state index contributed by atoms with van der Waals surface area (Å²) in [7, 11) is 0. The van der Waals surface area contributed by atoms with Gasteiger partial charge < -0.3 is 9.84 Å². The van der Waals surface area contributed by atoms with Crippen molar-refractivity contribution in [3.63, 3.8) is 0 Å². The lowest BCUT2D eigenvalue weighted by Crippen LogP contribution is -2.17. The van der Waals surface area contributed by atoms with Crippen molar-refractivity contribution in [1.82, 2.24) is 9.78 Å². The Labute approximate surface area is 166 Å². The Hall–Kier alpha value is -2.71. The first-order chi connectivity index (χ1) is 13.1. The molecule has 0 bridgehead atoms. The smallest absolute Gasteiger partial charge is 0.478 e. The molecule has 0 saturated heterocycles. The molecule has 0 aliphatic rings. The number of carboxylic acid groups (broad SMARTS) is 1. The lowest BCUT2D eigenvalue weighted by Gasteiger charge is -2.10. The molecule has 146 valence electrons. The van der Waals surface area contributed by atoms with E-state index in [4.69, 9.17) is 28.3 Å². The molecule has 5 nitrogen and oxygen atoms in total. The number of aromatic nitrogens is 2. The number of hydrogen-bond donors (Lipinski definition) is 1. The van der Waals surface area contributed by atoms with E-state index in [2.05, 4.69) is 9.84 Å². The summed E-state index contributed by atoms with van der Waals surface area (Å²) in [4.78, 5) is 10.8. The van der Waals surface area contributed by atoms with E-state index in [9.17, 15) is 18.0 Å². The van der Waals surface area contributed by atoms with E-state index in [-0.39, 0.29) is 12.2 Å². The van der Waals surface area contributed by atoms with Crippen LogP contribution in [0.2, 0.25) is 10.0 Å². The highest BCUT2D eigenvalue weighted by Crippen LogP contribution is 2.30. The molecule has 1 N–H and O–H groups in total. The Bertz CT molecular complexity index is 1080. The normalized spacial score (nSPS) is 12.0. The first-order valence-corrected chi connectivity index (χ1v) is 8.49. The summed E-state index contributed by atoms with van der Waals surface area (Å²) in [5, 5.41) is 14.4. The van der Waals surface area contributed by atoms with Gasteiger partial charge in [-0.3, -0.25) is 4.68 Å². The third-order valence-electron chi connectivity index (χ3n) is 3.70. The fourth-order valence-electron chi connectivity index (χ4n) is 2.58. The number of rotatable bonds is 5. The maximum absolute atomic E-state index is 12.5. The quantitative estimate of drug-likeness (QED) is 0.551. The molecular weight excluding hydrogens is 420 g/mol. The van der Waals surface area contributed by atoms with Gasteiger partial charge in [0.25, 0.3) is 0 Å². The van der Waals surface area contributed by atoms with Crippen LogP contribution >= 0.6 is 23.2 Å². The first kappa shape index (κ1) is 20.0. The fraction of sp³-hybridized carbons (Fsp3) is 0.111. The standard InChI is InChI=1S/C18H11Cl2F3N2O3/c19-11-2-1-10(14(20)7-11)9-25-16-8-12(28-18(21,22)23)3-4-13(16)15(24-25)5-6-17(26)27/h1-8H,9H2,(H,26,27)/b6-5+. The zero-order chi connectivity index (χ0) is 20.5. The van der Waals surface area contributed by atoms with Gasteiger partial charge in [-0.2, -0.15) is 5.10 Å². The number of fused-ring (bicyclic) bond motifs is 1. The average Bonchev–Trinajstić information content (AvgIpc) is 2.91. The largest absolute Gasteiger partial charge is 0.573 e. The van der Waals surface area contributed by atoms with E-state index in [0.717, 1.165) is 12.1 Å². The number of halogens is 5. The van der Waals surface area contributed by atoms with Gasteiger partial charge in [-0.1, -0.05) is 29.3 Å². The van der Waals surface area contributed by atoms with Crippen molar-refractivity contribution in [2.45, 2.75) is 12.9 Å². The van der Waals surface area contributed by atoms with Crippen molar-refractivity contribution < 1.29 is 27.8 Å². The van der Waals surface area contributed by atoms with Gasteiger partial charge in [-0.05, 0) is 35.9 Å². The Kier molecular flexibility index (Phi) is 5.53. The fourth-order valence-corrected chi connectivity index (χ4v) is 3.05. The Morgan fingerprint density at radius 1 is 1.21 bits per heavy atom. The second-order valence-corrected chi connectivity index (χ2v) is 6.52. The molecule has 0 radical (unpaired) electrons. The van der Waals surface area contributed by atoms with Crippen LogP contribution in [0.4, 0.5) is 13.2 Å². The number of benzene rings is 2. The molecule has 0 atom stereocenters. The van der Waals surface area contributed by atoms with Gasteiger partial charge in [0.15, 0.2) is 0 Å². The molecule has 28 heavy (non-hydrogen) atoms. The van der Waals surface area contributed by atoms with E-state index in [1.54, 1.807) is 12.1 Å². The minimum atomic E-state index is -4.84. The van der Waals surface area contributed by atoms with Crippen LogP contribution in [-0.4, -0.2) is 27.2 Å². The zero-order valence-corrected chi connectivity index (χ0v) is 15.4. The second-order valence-electron chi connectivity index (χ2n) is 5.68. The van der Waals surface area contributed by atoms with Crippen molar-refractivity contribution >= 4 is 46.2 Å². The molecule has 1 aromatic heterocycles. The lowest BCUT2D eigenvalue weighted by atomic mass is 10.2. The van der Waals surface area contributed by atoms with E-state index in [1.165, 1.54) is 29.0 Å². The van der Waals surface area contributed by atoms with Gasteiger partial charge in [0.05, 0.1) is 17.8 Å². The third-order valence-corrected chi connectivity index (χ3v) is 4.29. The number of ether oxygens (including phenoxy) is 1. The van der Waals surface area contributed by atoms with Gasteiger partial charge in [0.2, 0.25) is 0 Å². The van der Waals surface area contributed by atoms with Crippen LogP contribution in [-0.2, 0) is 11.3 Å². The molecule has 3 rings (SSSR count). The monoisotopic (exact) mass is 430 g/mol. The average molecular weight is 431 g/mol. The van der Waals surface area contributed by atoms with Crippen LogP contribution in [0.5, 0.6) is 5.75 Å². The Morgan fingerprint density at radius 3 is 2.61 bits per heavy atom. The SMILES string of the molecule is O=C(O)/C=C/c1nn(Cc2ccc(Cl)cc2Cl)c2cc(OC(F)(F)F)ccc12. The predicted octanol–water partition coefficient (Wildman–Crippen LogP) is 5.39. The molecule has 0 spiro atoms. The molecular formula is C18H11Cl2F3N2O3. The predicted molar refractivity (Wildman–Crippen MR) is 98.6 cm³/mol. The minimum absolute atomic E-state index is 0.128. The zero-order valence-electron chi connectivity index (χ0n) is 13.9. The summed E-state index contributed by atoms with van der Waals surface area (Å²) >= 11 is 12.0. The van der Waals surface area contributed by atoms with E-state index in [1.807, 2.05) is 0 Å². The van der Waals surface area contributed by atoms with Gasteiger partial charge in [-0.25, -0.2) is 4.79 Å². The van der Waals surface area contributed by atoms with E-state index >= 15 is 0 Å². The maximum atomic E-state index is 12.5. The van der Waals surface area contributed by atoms with Gasteiger partial charge >= 0.3 is 12.3 Å². The van der Waals surface area contributed by atoms with Crippen molar-refractivity contribution in [3.8, 4) is 5.75 Å². The minimum Gasteiger partial charge on any atom is -0.478 e. The van der Waals surface area contributed by atoms with Gasteiger partial charge in [0.1, 0.15) is 5.75 Å². The molecule has 2 aromatic carbocycles. The Morgan fingerprint density at radius 2 is 1.96 bits per heavy atom. The summed E-state index contributed by atoms with van der Waals surface area (Å²) in [6.45, 7) is 0.128. The van der Waals surface area contributed by atoms with Crippen LogP contribution in [0, 0.1) is 0 Å². The van der Waals surface area contributed by atoms with Crippen molar-refractivity contribution in [2.75, 3.05) is 0 Å². The summed E-state index contributed by atoms with van der Waals surface area (Å²) in [5.41, 5.74) is 1.23. The van der Waals surface area contributed by atoms with Crippen molar-refractivity contribution in [1.29, 1.82) is 0 Å². The van der Waals surface area contributed by atoms with Crippen LogP contribution in [0.25, 0.3) is 17.0 Å². The van der Waals surface area contributed by atoms with E-state index < -0.39 is 18.1 Å². The topological polar surface area (TPSA) is 64.3 Å². The molecule has 0 aliphatic heterocycles. The number of carbonyl (C=O) groups is 1. The second kappa shape index (κ2) is 7.73. The molecule has 0 amide bonds. The third kappa shape index (κ3) is 4.76. The molecule has 0 saturated carbocycles. The highest BCUT2D eigenvalue weighted by atomic mass is 35.5. The Balaban J connectivity index is 2.10. The summed E-state index contributed by atoms with van der Waals surface area (Å²) in [6.07, 6.45) is -2.69. The molecule has 1 heterocycles. The molecule has 3 aromatic rings. The number of alkyl halides is 3.